The summed E-state index contributed by atoms with van der Waals surface area (Å²) in [7, 11) is 0. The number of carbonyl (C=O) groups excluding carboxylic acids is 1. The molecule has 1 N–H and O–H groups in total. The van der Waals surface area contributed by atoms with Crippen LogP contribution in [-0.2, 0) is 4.79 Å². The number of rotatable bonds is 4. The molecule has 0 aliphatic heterocycles. The third kappa shape index (κ3) is 4.09. The predicted octanol–water partition coefficient (Wildman–Crippen LogP) is 4.31. The maximum Gasteiger partial charge on any atom is 0.226 e. The molecule has 1 rings (SSSR count). The molecule has 2 heteroatoms. The van der Waals surface area contributed by atoms with Gasteiger partial charge in [0.25, 0.3) is 0 Å². The fourth-order valence-electron chi connectivity index (χ4n) is 3.32. The van der Waals surface area contributed by atoms with Crippen molar-refractivity contribution in [2.75, 3.05) is 0 Å². The maximum absolute atomic E-state index is 12.7. The van der Waals surface area contributed by atoms with Gasteiger partial charge in [-0.2, -0.15) is 0 Å². The monoisotopic (exact) mass is 265 g/mol. The summed E-state index contributed by atoms with van der Waals surface area (Å²) in [6.45, 7) is 14.4. The molecule has 3 atom stereocenters. The first-order valence-corrected chi connectivity index (χ1v) is 7.68. The van der Waals surface area contributed by atoms with Crippen molar-refractivity contribution in [3.8, 4) is 0 Å². The predicted molar refractivity (Wildman–Crippen MR) is 81.9 cm³/mol. The van der Waals surface area contributed by atoms with Crippen molar-refractivity contribution < 1.29 is 4.79 Å². The Balaban J connectivity index is 2.91. The lowest BCUT2D eigenvalue weighted by molar-refractivity contribution is -0.138. The molecule has 0 saturated heterocycles. The van der Waals surface area contributed by atoms with Crippen LogP contribution in [0.4, 0.5) is 0 Å². The first-order chi connectivity index (χ1) is 8.73. The minimum atomic E-state index is -0.236. The van der Waals surface area contributed by atoms with E-state index in [0.29, 0.717) is 11.8 Å². The molecular formula is C17H31NO. The summed E-state index contributed by atoms with van der Waals surface area (Å²) in [4.78, 5) is 12.7. The summed E-state index contributed by atoms with van der Waals surface area (Å²) in [6, 6.07) is 0. The molecule has 1 aliphatic rings. The highest BCUT2D eigenvalue weighted by Gasteiger charge is 2.45. The van der Waals surface area contributed by atoms with Gasteiger partial charge in [0.05, 0.1) is 0 Å². The van der Waals surface area contributed by atoms with Gasteiger partial charge in [0.15, 0.2) is 0 Å². The van der Waals surface area contributed by atoms with Crippen molar-refractivity contribution in [1.82, 2.24) is 5.32 Å². The SMILES string of the molecule is C=CC1CCC(CCC)C(C)(C(=O)NC(C)(C)C)C1. The second kappa shape index (κ2) is 6.11. The summed E-state index contributed by atoms with van der Waals surface area (Å²) in [5.74, 6) is 1.23. The van der Waals surface area contributed by atoms with E-state index in [1.165, 1.54) is 6.42 Å². The van der Waals surface area contributed by atoms with Crippen molar-refractivity contribution >= 4 is 5.91 Å². The first-order valence-electron chi connectivity index (χ1n) is 7.68. The molecule has 19 heavy (non-hydrogen) atoms. The van der Waals surface area contributed by atoms with E-state index >= 15 is 0 Å². The van der Waals surface area contributed by atoms with Crippen LogP contribution in [0.25, 0.3) is 0 Å². The van der Waals surface area contributed by atoms with E-state index in [4.69, 9.17) is 0 Å². The van der Waals surface area contributed by atoms with Crippen molar-refractivity contribution in [2.24, 2.45) is 17.3 Å². The van der Waals surface area contributed by atoms with E-state index in [0.717, 1.165) is 25.7 Å². The van der Waals surface area contributed by atoms with Crippen LogP contribution in [0, 0.1) is 17.3 Å². The van der Waals surface area contributed by atoms with E-state index < -0.39 is 0 Å². The second-order valence-electron chi connectivity index (χ2n) is 7.38. The minimum Gasteiger partial charge on any atom is -0.351 e. The highest BCUT2D eigenvalue weighted by atomic mass is 16.2. The van der Waals surface area contributed by atoms with Crippen molar-refractivity contribution in [1.29, 1.82) is 0 Å². The Morgan fingerprint density at radius 2 is 2.05 bits per heavy atom. The molecule has 2 nitrogen and oxygen atoms in total. The maximum atomic E-state index is 12.7. The molecule has 0 aromatic rings. The van der Waals surface area contributed by atoms with E-state index in [-0.39, 0.29) is 16.9 Å². The molecule has 1 aliphatic carbocycles. The van der Waals surface area contributed by atoms with Gasteiger partial charge in [0.2, 0.25) is 5.91 Å². The van der Waals surface area contributed by atoms with E-state index in [1.807, 2.05) is 6.08 Å². The molecule has 0 spiro atoms. The molecule has 0 bridgehead atoms. The quantitative estimate of drug-likeness (QED) is 0.754. The summed E-state index contributed by atoms with van der Waals surface area (Å²) in [5, 5.41) is 3.19. The lowest BCUT2D eigenvalue weighted by Crippen LogP contribution is -2.52. The molecule has 0 aromatic heterocycles. The lowest BCUT2D eigenvalue weighted by atomic mass is 9.62. The van der Waals surface area contributed by atoms with Crippen molar-refractivity contribution in [3.63, 3.8) is 0 Å². The van der Waals surface area contributed by atoms with Gasteiger partial charge in [0.1, 0.15) is 0 Å². The summed E-state index contributed by atoms with van der Waals surface area (Å²) < 4.78 is 0. The van der Waals surface area contributed by atoms with E-state index in [9.17, 15) is 4.79 Å². The number of carbonyl (C=O) groups is 1. The Morgan fingerprint density at radius 1 is 1.42 bits per heavy atom. The topological polar surface area (TPSA) is 29.1 Å². The normalized spacial score (nSPS) is 31.8. The first kappa shape index (κ1) is 16.3. The molecule has 3 unspecified atom stereocenters. The lowest BCUT2D eigenvalue weighted by Gasteiger charge is -2.44. The van der Waals surface area contributed by atoms with Crippen LogP contribution in [0.3, 0.4) is 0 Å². The average molecular weight is 265 g/mol. The molecule has 0 radical (unpaired) electrons. The van der Waals surface area contributed by atoms with Crippen LogP contribution in [0.1, 0.15) is 66.7 Å². The van der Waals surface area contributed by atoms with Gasteiger partial charge in [0, 0.05) is 11.0 Å². The van der Waals surface area contributed by atoms with Gasteiger partial charge in [-0.1, -0.05) is 26.3 Å². The van der Waals surface area contributed by atoms with Crippen molar-refractivity contribution in [3.05, 3.63) is 12.7 Å². The Labute approximate surface area is 119 Å². The molecule has 1 fully saturated rings. The average Bonchev–Trinajstić information content (AvgIpc) is 2.30. The third-order valence-corrected chi connectivity index (χ3v) is 4.45. The van der Waals surface area contributed by atoms with Gasteiger partial charge >= 0.3 is 0 Å². The zero-order valence-corrected chi connectivity index (χ0v) is 13.4. The molecule has 0 aromatic carbocycles. The molecule has 110 valence electrons. The number of amides is 1. The summed E-state index contributed by atoms with van der Waals surface area (Å²) >= 11 is 0. The van der Waals surface area contributed by atoms with Gasteiger partial charge in [-0.15, -0.1) is 6.58 Å². The highest BCUT2D eigenvalue weighted by molar-refractivity contribution is 5.83. The summed E-state index contributed by atoms with van der Waals surface area (Å²) in [6.07, 6.45) is 7.62. The van der Waals surface area contributed by atoms with Crippen LogP contribution in [0.5, 0.6) is 0 Å². The molecule has 0 heterocycles. The molecule has 1 saturated carbocycles. The van der Waals surface area contributed by atoms with Crippen LogP contribution in [0.15, 0.2) is 12.7 Å². The molecule has 1 amide bonds. The summed E-state index contributed by atoms with van der Waals surface area (Å²) in [5.41, 5.74) is -0.390. The van der Waals surface area contributed by atoms with Gasteiger partial charge in [-0.25, -0.2) is 0 Å². The van der Waals surface area contributed by atoms with Crippen LogP contribution in [0.2, 0.25) is 0 Å². The van der Waals surface area contributed by atoms with Crippen LogP contribution >= 0.6 is 0 Å². The highest BCUT2D eigenvalue weighted by Crippen LogP contribution is 2.46. The molecular weight excluding hydrogens is 234 g/mol. The number of hydrogen-bond donors (Lipinski definition) is 1. The minimum absolute atomic E-state index is 0.155. The third-order valence-electron chi connectivity index (χ3n) is 4.45. The fourth-order valence-corrected chi connectivity index (χ4v) is 3.32. The van der Waals surface area contributed by atoms with E-state index in [2.05, 4.69) is 46.5 Å². The zero-order valence-electron chi connectivity index (χ0n) is 13.4. The number of hydrogen-bond acceptors (Lipinski definition) is 1. The smallest absolute Gasteiger partial charge is 0.226 e. The Bertz CT molecular complexity index is 329. The van der Waals surface area contributed by atoms with E-state index in [1.54, 1.807) is 0 Å². The zero-order chi connectivity index (χ0) is 14.7. The Morgan fingerprint density at radius 3 is 2.53 bits per heavy atom. The Kier molecular flexibility index (Phi) is 5.23. The van der Waals surface area contributed by atoms with Crippen LogP contribution in [-0.4, -0.2) is 11.4 Å². The second-order valence-corrected chi connectivity index (χ2v) is 7.38. The van der Waals surface area contributed by atoms with Crippen LogP contribution < -0.4 is 5.32 Å². The number of allylic oxidation sites excluding steroid dienone is 1. The fraction of sp³-hybridized carbons (Fsp3) is 0.824. The largest absolute Gasteiger partial charge is 0.351 e. The standard InChI is InChI=1S/C17H31NO/c1-7-9-14-11-10-13(8-2)12-17(14,6)15(19)18-16(3,4)5/h8,13-14H,2,7,9-12H2,1,3-6H3,(H,18,19). The number of nitrogens with one attached hydrogen (secondary N) is 1. The van der Waals surface area contributed by atoms with Gasteiger partial charge < -0.3 is 5.32 Å². The Hall–Kier alpha value is -0.790. The van der Waals surface area contributed by atoms with Crippen molar-refractivity contribution in [2.45, 2.75) is 72.3 Å². The van der Waals surface area contributed by atoms with Gasteiger partial charge in [-0.3, -0.25) is 4.79 Å². The van der Waals surface area contributed by atoms with Gasteiger partial charge in [-0.05, 0) is 58.3 Å².